The molecule has 0 aromatic rings. The van der Waals surface area contributed by atoms with Crippen LogP contribution in [0.4, 0.5) is 0 Å². The number of nitrogens with zero attached hydrogens (tertiary/aromatic N) is 1. The van der Waals surface area contributed by atoms with Gasteiger partial charge in [0.25, 0.3) is 0 Å². The number of carbonyl (C=O) groups is 3. The Bertz CT molecular complexity index is 550. The number of hydrogen-bond acceptors (Lipinski definition) is 3. The summed E-state index contributed by atoms with van der Waals surface area (Å²) in [5.41, 5.74) is 0. The van der Waals surface area contributed by atoms with Crippen LogP contribution >= 0.6 is 0 Å². The van der Waals surface area contributed by atoms with Crippen molar-refractivity contribution in [2.45, 2.75) is 135 Å². The van der Waals surface area contributed by atoms with Crippen molar-refractivity contribution in [3.05, 3.63) is 12.3 Å². The van der Waals surface area contributed by atoms with Crippen molar-refractivity contribution in [2.24, 2.45) is 0 Å². The molecule has 0 aromatic carbocycles. The van der Waals surface area contributed by atoms with E-state index in [1.807, 2.05) is 0 Å². The molecule has 0 saturated carbocycles. The smallest absolute Gasteiger partial charge is 0.303 e. The highest BCUT2D eigenvalue weighted by Crippen LogP contribution is 2.19. The van der Waals surface area contributed by atoms with Crippen molar-refractivity contribution >= 4 is 17.9 Å². The van der Waals surface area contributed by atoms with Crippen LogP contribution in [-0.2, 0) is 14.4 Å². The first-order chi connectivity index (χ1) is 17.3. The first kappa shape index (κ1) is 34.1. The van der Waals surface area contributed by atoms with Crippen LogP contribution in [0.15, 0.2) is 12.3 Å². The minimum absolute atomic E-state index is 0.153. The molecule has 0 heterocycles. The van der Waals surface area contributed by atoms with E-state index in [1.165, 1.54) is 57.8 Å². The van der Waals surface area contributed by atoms with Gasteiger partial charge < -0.3 is 15.3 Å². The van der Waals surface area contributed by atoms with Crippen LogP contribution in [0.5, 0.6) is 0 Å². The van der Waals surface area contributed by atoms with Gasteiger partial charge in [-0.15, -0.1) is 0 Å². The van der Waals surface area contributed by atoms with Crippen LogP contribution < -0.4 is 0 Å². The van der Waals surface area contributed by atoms with Gasteiger partial charge in [0.1, 0.15) is 0 Å². The lowest BCUT2D eigenvalue weighted by atomic mass is 10.1. The Morgan fingerprint density at radius 3 is 1.25 bits per heavy atom. The van der Waals surface area contributed by atoms with Crippen molar-refractivity contribution in [2.75, 3.05) is 19.6 Å². The topological polar surface area (TPSA) is 112 Å². The molecule has 0 aliphatic rings. The Labute approximate surface area is 219 Å². The number of hydrogen-bond donors (Lipinski definition) is 3. The van der Waals surface area contributed by atoms with Crippen LogP contribution in [0, 0.1) is 0 Å². The highest BCUT2D eigenvalue weighted by atomic mass is 16.4. The maximum Gasteiger partial charge on any atom is 0.303 e. The lowest BCUT2D eigenvalue weighted by Crippen LogP contribution is -2.45. The Balaban J connectivity index is 4.76. The van der Waals surface area contributed by atoms with Crippen LogP contribution in [0.3, 0.4) is 0 Å². The first-order valence-corrected chi connectivity index (χ1v) is 14.5. The molecule has 0 radical (unpaired) electrons. The van der Waals surface area contributed by atoms with Crippen molar-refractivity contribution < 1.29 is 34.2 Å². The maximum absolute atomic E-state index is 10.9. The molecule has 0 fully saturated rings. The molecule has 0 aliphatic carbocycles. The SMILES string of the molecule is CCCCCCCCCCCC/C=C/[N+](CCCCC(=O)O)(CCCCC(=O)O)CCCCC(=O)O. The summed E-state index contributed by atoms with van der Waals surface area (Å²) in [6, 6.07) is 0. The predicted molar refractivity (Wildman–Crippen MR) is 145 cm³/mol. The number of quaternary nitrogens is 1. The van der Waals surface area contributed by atoms with Gasteiger partial charge in [-0.3, -0.25) is 18.9 Å². The molecule has 0 rings (SSSR count). The summed E-state index contributed by atoms with van der Waals surface area (Å²) in [7, 11) is 0. The van der Waals surface area contributed by atoms with E-state index in [-0.39, 0.29) is 19.3 Å². The summed E-state index contributed by atoms with van der Waals surface area (Å²) in [6.45, 7) is 4.67. The lowest BCUT2D eigenvalue weighted by molar-refractivity contribution is -0.880. The van der Waals surface area contributed by atoms with Crippen molar-refractivity contribution in [3.8, 4) is 0 Å². The number of carboxylic acids is 3. The van der Waals surface area contributed by atoms with E-state index in [0.717, 1.165) is 51.7 Å². The van der Waals surface area contributed by atoms with E-state index in [1.54, 1.807) is 0 Å². The minimum Gasteiger partial charge on any atom is -0.481 e. The minimum atomic E-state index is -0.785. The van der Waals surface area contributed by atoms with E-state index < -0.39 is 17.9 Å². The lowest BCUT2D eigenvalue weighted by Gasteiger charge is -2.35. The molecule has 7 nitrogen and oxygen atoms in total. The molecule has 0 unspecified atom stereocenters. The van der Waals surface area contributed by atoms with Gasteiger partial charge in [-0.05, 0) is 57.4 Å². The predicted octanol–water partition coefficient (Wildman–Crippen LogP) is 7.39. The van der Waals surface area contributed by atoms with E-state index >= 15 is 0 Å². The summed E-state index contributed by atoms with van der Waals surface area (Å²) < 4.78 is 0.691. The van der Waals surface area contributed by atoms with Gasteiger partial charge in [0.2, 0.25) is 0 Å². The van der Waals surface area contributed by atoms with Crippen LogP contribution in [0.1, 0.15) is 135 Å². The summed E-state index contributed by atoms with van der Waals surface area (Å²) in [4.78, 5) is 32.8. The van der Waals surface area contributed by atoms with Crippen molar-refractivity contribution in [1.29, 1.82) is 0 Å². The van der Waals surface area contributed by atoms with E-state index in [0.29, 0.717) is 23.7 Å². The molecule has 7 heteroatoms. The monoisotopic (exact) mass is 512 g/mol. The molecule has 0 aromatic heterocycles. The normalized spacial score (nSPS) is 11.8. The molecule has 0 bridgehead atoms. The van der Waals surface area contributed by atoms with Gasteiger partial charge in [0, 0.05) is 19.3 Å². The second-order valence-corrected chi connectivity index (χ2v) is 10.3. The Morgan fingerprint density at radius 1 is 0.528 bits per heavy atom. The third-order valence-electron chi connectivity index (χ3n) is 6.88. The Morgan fingerprint density at radius 2 is 0.889 bits per heavy atom. The molecule has 0 amide bonds. The number of carboxylic acid groups (broad SMARTS) is 3. The number of unbranched alkanes of at least 4 members (excludes halogenated alkanes) is 13. The number of allylic oxidation sites excluding steroid dienone is 1. The summed E-state index contributed by atoms with van der Waals surface area (Å²) in [5, 5.41) is 27.0. The van der Waals surface area contributed by atoms with Crippen molar-refractivity contribution in [1.82, 2.24) is 0 Å². The molecular formula is C29H54NO6+. The van der Waals surface area contributed by atoms with Crippen LogP contribution in [0.25, 0.3) is 0 Å². The van der Waals surface area contributed by atoms with E-state index in [9.17, 15) is 14.4 Å². The van der Waals surface area contributed by atoms with Crippen molar-refractivity contribution in [3.63, 3.8) is 0 Å². The number of aliphatic carboxylic acids is 3. The molecule has 210 valence electrons. The molecule has 36 heavy (non-hydrogen) atoms. The third-order valence-corrected chi connectivity index (χ3v) is 6.88. The van der Waals surface area contributed by atoms with Gasteiger partial charge in [-0.25, -0.2) is 0 Å². The Kier molecular flexibility index (Phi) is 22.3. The summed E-state index contributed by atoms with van der Waals surface area (Å²) >= 11 is 0. The molecule has 0 saturated heterocycles. The van der Waals surface area contributed by atoms with Gasteiger partial charge >= 0.3 is 17.9 Å². The van der Waals surface area contributed by atoms with Gasteiger partial charge in [0.05, 0.1) is 25.8 Å². The zero-order valence-corrected chi connectivity index (χ0v) is 22.9. The standard InChI is InChI=1S/C29H53NO6/c1-2-3-4-5-6-7-8-9-10-11-12-16-23-30(24-17-13-20-27(31)32,25-18-14-21-28(33)34)26-19-15-22-29(35)36/h16,23H,2-15,17-22,24-26H2,1H3,(H2-,31,32,33,34,35,36)/p+1/b23-16+. The average molecular weight is 513 g/mol. The maximum atomic E-state index is 10.9. The van der Waals surface area contributed by atoms with Crippen LogP contribution in [0.2, 0.25) is 0 Å². The number of rotatable bonds is 27. The van der Waals surface area contributed by atoms with Crippen LogP contribution in [-0.4, -0.2) is 57.3 Å². The molecule has 0 aliphatic heterocycles. The Hall–Kier alpha value is -1.89. The largest absolute Gasteiger partial charge is 0.481 e. The highest BCUT2D eigenvalue weighted by Gasteiger charge is 2.24. The quantitative estimate of drug-likeness (QED) is 0.0781. The molecular weight excluding hydrogens is 458 g/mol. The fourth-order valence-corrected chi connectivity index (χ4v) is 4.72. The summed E-state index contributed by atoms with van der Waals surface area (Å²) in [5.74, 6) is -2.35. The fourth-order valence-electron chi connectivity index (χ4n) is 4.72. The first-order valence-electron chi connectivity index (χ1n) is 14.5. The third kappa shape index (κ3) is 22.6. The average Bonchev–Trinajstić information content (AvgIpc) is 2.82. The van der Waals surface area contributed by atoms with Gasteiger partial charge in [-0.1, -0.05) is 64.7 Å². The van der Waals surface area contributed by atoms with Gasteiger partial charge in [-0.2, -0.15) is 0 Å². The molecule has 3 N–H and O–H groups in total. The highest BCUT2D eigenvalue weighted by molar-refractivity contribution is 5.67. The van der Waals surface area contributed by atoms with E-state index in [4.69, 9.17) is 15.3 Å². The van der Waals surface area contributed by atoms with E-state index in [2.05, 4.69) is 19.2 Å². The summed E-state index contributed by atoms with van der Waals surface area (Å²) in [6.07, 6.45) is 23.2. The zero-order chi connectivity index (χ0) is 26.9. The van der Waals surface area contributed by atoms with Gasteiger partial charge in [0.15, 0.2) is 0 Å². The second kappa shape index (κ2) is 23.5. The molecule has 0 atom stereocenters. The molecule has 0 spiro atoms. The fraction of sp³-hybridized carbons (Fsp3) is 0.828. The second-order valence-electron chi connectivity index (χ2n) is 10.3. The zero-order valence-electron chi connectivity index (χ0n) is 22.9.